The SMILES string of the molecule is CO[Si](OC)(OC)C(=O)C1CCO1. The molecule has 0 radical (unpaired) electrons. The first-order valence-electron chi connectivity index (χ1n) is 4.01. The Hall–Kier alpha value is -0.273. The predicted molar refractivity (Wildman–Crippen MR) is 46.1 cm³/mol. The molecule has 0 saturated carbocycles. The van der Waals surface area contributed by atoms with Gasteiger partial charge in [0.1, 0.15) is 6.10 Å². The molecule has 1 fully saturated rings. The molecule has 13 heavy (non-hydrogen) atoms. The number of ether oxygens (including phenoxy) is 1. The lowest BCUT2D eigenvalue weighted by Gasteiger charge is -2.31. The van der Waals surface area contributed by atoms with Gasteiger partial charge in [-0.3, -0.25) is 4.79 Å². The summed E-state index contributed by atoms with van der Waals surface area (Å²) in [5, 5.41) is -0.189. The normalized spacial score (nSPS) is 22.5. The molecule has 6 heteroatoms. The highest BCUT2D eigenvalue weighted by molar-refractivity contribution is 6.93. The fraction of sp³-hybridized carbons (Fsp3) is 0.857. The van der Waals surface area contributed by atoms with Crippen LogP contribution in [0.4, 0.5) is 0 Å². The molecule has 1 saturated heterocycles. The van der Waals surface area contributed by atoms with Crippen LogP contribution in [0.2, 0.25) is 0 Å². The van der Waals surface area contributed by atoms with Gasteiger partial charge in [0.15, 0.2) is 0 Å². The third-order valence-electron chi connectivity index (χ3n) is 2.10. The first kappa shape index (κ1) is 10.8. The number of carbonyl (C=O) groups is 1. The molecule has 0 aliphatic carbocycles. The fourth-order valence-electron chi connectivity index (χ4n) is 1.19. The number of carbonyl (C=O) groups excluding carboxylic acids is 1. The van der Waals surface area contributed by atoms with Crippen molar-refractivity contribution in [1.82, 2.24) is 0 Å². The summed E-state index contributed by atoms with van der Waals surface area (Å²) in [5.41, 5.74) is 0. The molecule has 1 atom stereocenters. The molecule has 0 spiro atoms. The monoisotopic (exact) mass is 206 g/mol. The van der Waals surface area contributed by atoms with Gasteiger partial charge in [0.2, 0.25) is 5.41 Å². The van der Waals surface area contributed by atoms with Crippen LogP contribution in [0.1, 0.15) is 6.42 Å². The summed E-state index contributed by atoms with van der Waals surface area (Å²) >= 11 is 0. The van der Waals surface area contributed by atoms with Gasteiger partial charge in [-0.05, 0) is 0 Å². The average Bonchev–Trinajstić information content (AvgIpc) is 2.05. The van der Waals surface area contributed by atoms with Gasteiger partial charge in [0.05, 0.1) is 6.61 Å². The van der Waals surface area contributed by atoms with Crippen molar-refractivity contribution in [2.45, 2.75) is 12.5 Å². The lowest BCUT2D eigenvalue weighted by Crippen LogP contribution is -2.58. The third-order valence-corrected chi connectivity index (χ3v) is 4.64. The fourth-order valence-corrected chi connectivity index (χ4v) is 2.92. The van der Waals surface area contributed by atoms with Crippen LogP contribution in [0.25, 0.3) is 0 Å². The molecule has 1 aliphatic rings. The Morgan fingerprint density at radius 1 is 1.31 bits per heavy atom. The van der Waals surface area contributed by atoms with E-state index in [0.717, 1.165) is 6.42 Å². The second-order valence-corrected chi connectivity index (χ2v) is 5.51. The van der Waals surface area contributed by atoms with Gasteiger partial charge >= 0.3 is 8.80 Å². The van der Waals surface area contributed by atoms with Crippen molar-refractivity contribution in [1.29, 1.82) is 0 Å². The van der Waals surface area contributed by atoms with E-state index in [4.69, 9.17) is 18.0 Å². The highest BCUT2D eigenvalue weighted by Crippen LogP contribution is 2.19. The molecule has 0 N–H and O–H groups in total. The minimum atomic E-state index is -3.12. The molecule has 0 aromatic carbocycles. The van der Waals surface area contributed by atoms with E-state index in [-0.39, 0.29) is 5.41 Å². The van der Waals surface area contributed by atoms with Crippen molar-refractivity contribution in [3.05, 3.63) is 0 Å². The molecule has 1 unspecified atom stereocenters. The van der Waals surface area contributed by atoms with E-state index in [0.29, 0.717) is 6.61 Å². The average molecular weight is 206 g/mol. The molecule has 0 bridgehead atoms. The van der Waals surface area contributed by atoms with Crippen LogP contribution in [0, 0.1) is 0 Å². The maximum Gasteiger partial charge on any atom is 0.576 e. The van der Waals surface area contributed by atoms with Crippen molar-refractivity contribution in [2.24, 2.45) is 0 Å². The van der Waals surface area contributed by atoms with E-state index in [2.05, 4.69) is 0 Å². The van der Waals surface area contributed by atoms with Crippen molar-refractivity contribution in [3.63, 3.8) is 0 Å². The van der Waals surface area contributed by atoms with Crippen molar-refractivity contribution < 1.29 is 22.8 Å². The summed E-state index contributed by atoms with van der Waals surface area (Å²) in [6.45, 7) is 0.623. The molecule has 5 nitrogen and oxygen atoms in total. The number of hydrogen-bond acceptors (Lipinski definition) is 5. The molecular weight excluding hydrogens is 192 g/mol. The van der Waals surface area contributed by atoms with Crippen LogP contribution in [0.3, 0.4) is 0 Å². The standard InChI is InChI=1S/C7H14O5Si/c1-9-13(10-2,11-3)7(8)6-4-5-12-6/h6H,4-5H2,1-3H3. The summed E-state index contributed by atoms with van der Waals surface area (Å²) in [4.78, 5) is 11.7. The van der Waals surface area contributed by atoms with Crippen LogP contribution in [-0.4, -0.2) is 48.3 Å². The maximum atomic E-state index is 11.7. The van der Waals surface area contributed by atoms with Crippen LogP contribution in [0.5, 0.6) is 0 Å². The van der Waals surface area contributed by atoms with E-state index in [1.165, 1.54) is 21.3 Å². The Morgan fingerprint density at radius 3 is 2.00 bits per heavy atom. The minimum Gasteiger partial charge on any atom is -0.372 e. The largest absolute Gasteiger partial charge is 0.576 e. The molecule has 0 amide bonds. The second-order valence-electron chi connectivity index (χ2n) is 2.68. The maximum absolute atomic E-state index is 11.7. The molecule has 1 aliphatic heterocycles. The van der Waals surface area contributed by atoms with E-state index in [1.807, 2.05) is 0 Å². The van der Waals surface area contributed by atoms with Crippen molar-refractivity contribution in [3.8, 4) is 0 Å². The Morgan fingerprint density at radius 2 is 1.77 bits per heavy atom. The van der Waals surface area contributed by atoms with E-state index in [9.17, 15) is 4.79 Å². The van der Waals surface area contributed by atoms with E-state index < -0.39 is 14.9 Å². The predicted octanol–water partition coefficient (Wildman–Crippen LogP) is -0.238. The van der Waals surface area contributed by atoms with Crippen LogP contribution >= 0.6 is 0 Å². The molecule has 0 aromatic heterocycles. The van der Waals surface area contributed by atoms with Crippen molar-refractivity contribution >= 4 is 14.2 Å². The van der Waals surface area contributed by atoms with Crippen LogP contribution in [0.15, 0.2) is 0 Å². The first-order chi connectivity index (χ1) is 6.20. The molecular formula is C7H14O5Si. The quantitative estimate of drug-likeness (QED) is 0.581. The van der Waals surface area contributed by atoms with Gasteiger partial charge in [0.25, 0.3) is 0 Å². The zero-order valence-corrected chi connectivity index (χ0v) is 9.03. The Labute approximate surface area is 78.3 Å². The second kappa shape index (κ2) is 4.29. The van der Waals surface area contributed by atoms with E-state index >= 15 is 0 Å². The smallest absolute Gasteiger partial charge is 0.372 e. The van der Waals surface area contributed by atoms with Gasteiger partial charge in [0, 0.05) is 27.8 Å². The summed E-state index contributed by atoms with van der Waals surface area (Å²) < 4.78 is 20.1. The lowest BCUT2D eigenvalue weighted by molar-refractivity contribution is -0.141. The lowest BCUT2D eigenvalue weighted by atomic mass is 10.2. The number of rotatable bonds is 5. The first-order valence-corrected chi connectivity index (χ1v) is 5.74. The van der Waals surface area contributed by atoms with Crippen LogP contribution < -0.4 is 0 Å². The van der Waals surface area contributed by atoms with Crippen molar-refractivity contribution in [2.75, 3.05) is 27.9 Å². The third kappa shape index (κ3) is 1.81. The Kier molecular flexibility index (Phi) is 3.57. The molecule has 1 heterocycles. The summed E-state index contributed by atoms with van der Waals surface area (Å²) in [6.07, 6.45) is 0.329. The molecule has 1 rings (SSSR count). The Bertz CT molecular complexity index is 179. The van der Waals surface area contributed by atoms with Gasteiger partial charge in [-0.15, -0.1) is 0 Å². The van der Waals surface area contributed by atoms with Crippen LogP contribution in [-0.2, 0) is 22.8 Å². The van der Waals surface area contributed by atoms with Gasteiger partial charge in [-0.2, -0.15) is 0 Å². The Balaban J connectivity index is 2.67. The zero-order chi connectivity index (χ0) is 9.90. The highest BCUT2D eigenvalue weighted by Gasteiger charge is 2.52. The summed E-state index contributed by atoms with van der Waals surface area (Å²) in [5.74, 6) is 0. The number of hydrogen-bond donors (Lipinski definition) is 0. The molecule has 76 valence electrons. The van der Waals surface area contributed by atoms with Gasteiger partial charge < -0.3 is 18.0 Å². The summed E-state index contributed by atoms with van der Waals surface area (Å²) in [6, 6.07) is 0. The molecule has 0 aromatic rings. The van der Waals surface area contributed by atoms with E-state index in [1.54, 1.807) is 0 Å². The highest BCUT2D eigenvalue weighted by atomic mass is 28.4. The topological polar surface area (TPSA) is 54.0 Å². The zero-order valence-electron chi connectivity index (χ0n) is 8.03. The minimum absolute atomic E-state index is 0.189. The van der Waals surface area contributed by atoms with Gasteiger partial charge in [-0.25, -0.2) is 0 Å². The van der Waals surface area contributed by atoms with Gasteiger partial charge in [-0.1, -0.05) is 0 Å². The summed E-state index contributed by atoms with van der Waals surface area (Å²) in [7, 11) is 1.12.